The highest BCUT2D eigenvalue weighted by molar-refractivity contribution is 5.64. The number of benzene rings is 2. The molecule has 2 heteroatoms. The lowest BCUT2D eigenvalue weighted by Crippen LogP contribution is -2.01. The Morgan fingerprint density at radius 3 is 1.49 bits per heavy atom. The molecule has 0 heterocycles. The summed E-state index contributed by atoms with van der Waals surface area (Å²) in [5.74, 6) is 0.975. The monoisotopic (exact) mass is 480 g/mol. The highest BCUT2D eigenvalue weighted by atomic mass is 16.5. The quantitative estimate of drug-likeness (QED) is 0.165. The number of hydrogen-bond donors (Lipinski definition) is 0. The molecule has 2 nitrogen and oxygen atoms in total. The topological polar surface area (TPSA) is 18.5 Å². The summed E-state index contributed by atoms with van der Waals surface area (Å²) in [4.78, 5) is 0. The van der Waals surface area contributed by atoms with Gasteiger partial charge in [0.05, 0.1) is 12.7 Å². The fourth-order valence-electron chi connectivity index (χ4n) is 4.53. The average Bonchev–Trinajstić information content (AvgIpc) is 2.89. The number of rotatable bonds is 21. The molecule has 0 aliphatic rings. The molecule has 0 saturated heterocycles. The first-order valence-electron chi connectivity index (χ1n) is 14.7. The average molecular weight is 481 g/mol. The van der Waals surface area contributed by atoms with E-state index in [0.29, 0.717) is 0 Å². The summed E-state index contributed by atoms with van der Waals surface area (Å²) in [6.07, 6.45) is 20.2. The summed E-state index contributed by atoms with van der Waals surface area (Å²) in [6, 6.07) is 17.3. The van der Waals surface area contributed by atoms with Crippen molar-refractivity contribution in [3.63, 3.8) is 0 Å². The lowest BCUT2D eigenvalue weighted by molar-refractivity contribution is 0.0630. The maximum Gasteiger partial charge on any atom is 0.119 e. The predicted octanol–water partition coefficient (Wildman–Crippen LogP) is 10.7. The van der Waals surface area contributed by atoms with Crippen molar-refractivity contribution in [2.75, 3.05) is 13.2 Å². The molecule has 0 bridgehead atoms. The van der Waals surface area contributed by atoms with E-state index in [-0.39, 0.29) is 6.10 Å². The summed E-state index contributed by atoms with van der Waals surface area (Å²) in [6.45, 7) is 8.32. The van der Waals surface area contributed by atoms with Crippen LogP contribution in [0.15, 0.2) is 48.5 Å². The lowest BCUT2D eigenvalue weighted by Gasteiger charge is -2.14. The minimum absolute atomic E-state index is 0.150. The first kappa shape index (κ1) is 29.4. The van der Waals surface area contributed by atoms with Crippen molar-refractivity contribution in [1.29, 1.82) is 0 Å². The summed E-state index contributed by atoms with van der Waals surface area (Å²) in [7, 11) is 0. The van der Waals surface area contributed by atoms with Gasteiger partial charge in [0.25, 0.3) is 0 Å². The van der Waals surface area contributed by atoms with E-state index in [0.717, 1.165) is 31.8 Å². The van der Waals surface area contributed by atoms with Crippen LogP contribution in [-0.2, 0) is 4.74 Å². The molecule has 2 rings (SSSR count). The molecule has 1 unspecified atom stereocenters. The SMILES string of the molecule is CCCCCCCCCCCCCCOc1ccc(-c2ccc(C(C)OCCCCC)cc2)cc1. The molecule has 0 radical (unpaired) electrons. The number of hydrogen-bond acceptors (Lipinski definition) is 2. The lowest BCUT2D eigenvalue weighted by atomic mass is 10.0. The highest BCUT2D eigenvalue weighted by Gasteiger charge is 2.06. The fraction of sp³-hybridized carbons (Fsp3) is 0.636. The molecule has 196 valence electrons. The molecule has 2 aromatic rings. The molecule has 0 aromatic heterocycles. The molecule has 2 aromatic carbocycles. The molecule has 0 fully saturated rings. The van der Waals surface area contributed by atoms with Gasteiger partial charge in [0.1, 0.15) is 5.75 Å². The Labute approximate surface area is 216 Å². The van der Waals surface area contributed by atoms with E-state index in [9.17, 15) is 0 Å². The van der Waals surface area contributed by atoms with Crippen molar-refractivity contribution < 1.29 is 9.47 Å². The molecule has 0 aliphatic carbocycles. The van der Waals surface area contributed by atoms with Gasteiger partial charge in [-0.1, -0.05) is 134 Å². The molecule has 0 spiro atoms. The summed E-state index contributed by atoms with van der Waals surface area (Å²) in [5, 5.41) is 0. The standard InChI is InChI=1S/C33H52O2/c1-4-6-8-9-10-11-12-13-14-15-16-18-28-35-33-25-23-32(24-26-33)31-21-19-30(20-22-31)29(3)34-27-17-7-5-2/h19-26,29H,4-18,27-28H2,1-3H3. The molecule has 0 saturated carbocycles. The second kappa shape index (κ2) is 19.4. The number of unbranched alkanes of at least 4 members (excludes halogenated alkanes) is 13. The minimum atomic E-state index is 0.150. The molecule has 1 atom stereocenters. The van der Waals surface area contributed by atoms with Gasteiger partial charge in [0.15, 0.2) is 0 Å². The Morgan fingerprint density at radius 2 is 0.943 bits per heavy atom. The zero-order chi connectivity index (χ0) is 25.0. The molecule has 0 N–H and O–H groups in total. The summed E-state index contributed by atoms with van der Waals surface area (Å²) < 4.78 is 12.0. The zero-order valence-corrected chi connectivity index (χ0v) is 23.0. The largest absolute Gasteiger partial charge is 0.494 e. The van der Waals surface area contributed by atoms with Gasteiger partial charge >= 0.3 is 0 Å². The van der Waals surface area contributed by atoms with Gasteiger partial charge in [-0.15, -0.1) is 0 Å². The van der Waals surface area contributed by atoms with Crippen molar-refractivity contribution in [3.05, 3.63) is 54.1 Å². The molecule has 0 amide bonds. The van der Waals surface area contributed by atoms with Crippen LogP contribution in [0.4, 0.5) is 0 Å². The van der Waals surface area contributed by atoms with E-state index in [1.165, 1.54) is 100 Å². The summed E-state index contributed by atoms with van der Waals surface area (Å²) >= 11 is 0. The van der Waals surface area contributed by atoms with E-state index in [4.69, 9.17) is 9.47 Å². The number of ether oxygens (including phenoxy) is 2. The van der Waals surface area contributed by atoms with Crippen LogP contribution in [-0.4, -0.2) is 13.2 Å². The Morgan fingerprint density at radius 1 is 0.514 bits per heavy atom. The maximum absolute atomic E-state index is 5.98. The molecule has 35 heavy (non-hydrogen) atoms. The van der Waals surface area contributed by atoms with Gasteiger partial charge in [-0.25, -0.2) is 0 Å². The third-order valence-corrected chi connectivity index (χ3v) is 6.95. The summed E-state index contributed by atoms with van der Waals surface area (Å²) in [5.41, 5.74) is 3.71. The van der Waals surface area contributed by atoms with E-state index in [1.54, 1.807) is 0 Å². The third-order valence-electron chi connectivity index (χ3n) is 6.95. The Bertz CT molecular complexity index is 735. The van der Waals surface area contributed by atoms with E-state index < -0.39 is 0 Å². The zero-order valence-electron chi connectivity index (χ0n) is 23.0. The second-order valence-electron chi connectivity index (χ2n) is 10.1. The molecular formula is C33H52O2. The van der Waals surface area contributed by atoms with Crippen molar-refractivity contribution in [1.82, 2.24) is 0 Å². The van der Waals surface area contributed by atoms with Crippen molar-refractivity contribution in [2.45, 2.75) is 123 Å². The van der Waals surface area contributed by atoms with Crippen LogP contribution >= 0.6 is 0 Å². The van der Waals surface area contributed by atoms with Gasteiger partial charge in [-0.05, 0) is 48.6 Å². The van der Waals surface area contributed by atoms with Crippen molar-refractivity contribution in [2.24, 2.45) is 0 Å². The maximum atomic E-state index is 5.98. The minimum Gasteiger partial charge on any atom is -0.494 e. The Hall–Kier alpha value is -1.80. The van der Waals surface area contributed by atoms with Crippen LogP contribution in [0.3, 0.4) is 0 Å². The second-order valence-corrected chi connectivity index (χ2v) is 10.1. The Balaban J connectivity index is 1.56. The third kappa shape index (κ3) is 13.2. The highest BCUT2D eigenvalue weighted by Crippen LogP contribution is 2.25. The van der Waals surface area contributed by atoms with Gasteiger partial charge in [-0.2, -0.15) is 0 Å². The van der Waals surface area contributed by atoms with Crippen LogP contribution in [0, 0.1) is 0 Å². The fourth-order valence-corrected chi connectivity index (χ4v) is 4.53. The van der Waals surface area contributed by atoms with Crippen molar-refractivity contribution >= 4 is 0 Å². The van der Waals surface area contributed by atoms with Gasteiger partial charge in [0, 0.05) is 6.61 Å². The predicted molar refractivity (Wildman–Crippen MR) is 152 cm³/mol. The Kier molecular flexibility index (Phi) is 16.3. The van der Waals surface area contributed by atoms with Gasteiger partial charge in [-0.3, -0.25) is 0 Å². The smallest absolute Gasteiger partial charge is 0.119 e. The van der Waals surface area contributed by atoms with E-state index >= 15 is 0 Å². The molecular weight excluding hydrogens is 428 g/mol. The van der Waals surface area contributed by atoms with E-state index in [1.807, 2.05) is 0 Å². The van der Waals surface area contributed by atoms with Crippen LogP contribution in [0.2, 0.25) is 0 Å². The van der Waals surface area contributed by atoms with Gasteiger partial charge in [0.2, 0.25) is 0 Å². The van der Waals surface area contributed by atoms with Crippen LogP contribution in [0.25, 0.3) is 11.1 Å². The van der Waals surface area contributed by atoms with Gasteiger partial charge < -0.3 is 9.47 Å². The van der Waals surface area contributed by atoms with E-state index in [2.05, 4.69) is 69.3 Å². The first-order valence-corrected chi connectivity index (χ1v) is 14.7. The van der Waals surface area contributed by atoms with Crippen molar-refractivity contribution in [3.8, 4) is 16.9 Å². The van der Waals surface area contributed by atoms with Crippen LogP contribution < -0.4 is 4.74 Å². The first-order chi connectivity index (χ1) is 17.2. The van der Waals surface area contributed by atoms with Crippen LogP contribution in [0.1, 0.15) is 129 Å². The van der Waals surface area contributed by atoms with Crippen LogP contribution in [0.5, 0.6) is 5.75 Å². The molecule has 0 aliphatic heterocycles. The normalized spacial score (nSPS) is 12.1.